The molecule has 1 fully saturated rings. The third kappa shape index (κ3) is 4.72. The van der Waals surface area contributed by atoms with E-state index in [0.717, 1.165) is 29.9 Å². The van der Waals surface area contributed by atoms with Crippen molar-refractivity contribution in [2.45, 2.75) is 24.3 Å². The van der Waals surface area contributed by atoms with Crippen molar-refractivity contribution in [1.29, 1.82) is 0 Å². The van der Waals surface area contributed by atoms with Gasteiger partial charge in [0.15, 0.2) is 5.16 Å². The topological polar surface area (TPSA) is 111 Å². The van der Waals surface area contributed by atoms with Gasteiger partial charge in [-0.05, 0) is 26.0 Å². The number of morpholine rings is 1. The highest BCUT2D eigenvalue weighted by atomic mass is 32.2. The average Bonchev–Trinajstić information content (AvgIpc) is 3.18. The predicted molar refractivity (Wildman–Crippen MR) is 122 cm³/mol. The first-order valence-electron chi connectivity index (χ1n) is 10.1. The number of hydrogen-bond acceptors (Lipinski definition) is 10. The van der Waals surface area contributed by atoms with Gasteiger partial charge >= 0.3 is 0 Å². The van der Waals surface area contributed by atoms with Crippen molar-refractivity contribution in [2.24, 2.45) is 0 Å². The SMILES string of the molecule is Cc1ccc(-n2c(SC(C)c3nc(N)nc(N(C)C)n3)nnc2N2CCOCC2)cc1. The Bertz CT molecular complexity index is 1030. The van der Waals surface area contributed by atoms with Crippen LogP contribution in [-0.2, 0) is 4.74 Å². The quantitative estimate of drug-likeness (QED) is 0.571. The normalized spacial score (nSPS) is 15.2. The maximum absolute atomic E-state index is 5.92. The van der Waals surface area contributed by atoms with Gasteiger partial charge in [0.2, 0.25) is 17.8 Å². The Balaban J connectivity index is 1.69. The van der Waals surface area contributed by atoms with Gasteiger partial charge in [-0.25, -0.2) is 0 Å². The van der Waals surface area contributed by atoms with Gasteiger partial charge in [-0.3, -0.25) is 4.57 Å². The minimum absolute atomic E-state index is 0.102. The van der Waals surface area contributed by atoms with E-state index >= 15 is 0 Å². The highest BCUT2D eigenvalue weighted by Crippen LogP contribution is 2.36. The Morgan fingerprint density at radius 1 is 1.06 bits per heavy atom. The van der Waals surface area contributed by atoms with Crippen molar-refractivity contribution in [2.75, 3.05) is 55.9 Å². The summed E-state index contributed by atoms with van der Waals surface area (Å²) < 4.78 is 7.60. The molecule has 4 rings (SSSR count). The lowest BCUT2D eigenvalue weighted by Crippen LogP contribution is -2.37. The summed E-state index contributed by atoms with van der Waals surface area (Å²) in [5.41, 5.74) is 8.12. The molecule has 0 saturated carbocycles. The zero-order valence-corrected chi connectivity index (χ0v) is 19.0. The monoisotopic (exact) mass is 441 g/mol. The third-order valence-corrected chi connectivity index (χ3v) is 5.95. The van der Waals surface area contributed by atoms with Gasteiger partial charge in [0.1, 0.15) is 5.82 Å². The summed E-state index contributed by atoms with van der Waals surface area (Å²) in [6, 6.07) is 8.35. The van der Waals surface area contributed by atoms with Crippen LogP contribution >= 0.6 is 11.8 Å². The van der Waals surface area contributed by atoms with Gasteiger partial charge in [0.05, 0.1) is 24.2 Å². The first-order chi connectivity index (χ1) is 14.9. The van der Waals surface area contributed by atoms with Crippen LogP contribution in [0.4, 0.5) is 17.8 Å². The predicted octanol–water partition coefficient (Wildman–Crippen LogP) is 2.10. The Labute approximate surface area is 185 Å². The van der Waals surface area contributed by atoms with Crippen LogP contribution in [0.2, 0.25) is 0 Å². The van der Waals surface area contributed by atoms with Crippen molar-refractivity contribution < 1.29 is 4.74 Å². The summed E-state index contributed by atoms with van der Waals surface area (Å²) >= 11 is 1.54. The first-order valence-corrected chi connectivity index (χ1v) is 11.0. The fraction of sp³-hybridized carbons (Fsp3) is 0.450. The molecule has 0 bridgehead atoms. The molecule has 31 heavy (non-hydrogen) atoms. The molecule has 0 radical (unpaired) electrons. The van der Waals surface area contributed by atoms with Crippen LogP contribution in [0.5, 0.6) is 0 Å². The molecule has 1 saturated heterocycles. The molecule has 10 nitrogen and oxygen atoms in total. The Kier molecular flexibility index (Phi) is 6.23. The average molecular weight is 442 g/mol. The van der Waals surface area contributed by atoms with Gasteiger partial charge in [-0.2, -0.15) is 15.0 Å². The molecule has 1 aliphatic heterocycles. The van der Waals surface area contributed by atoms with Gasteiger partial charge in [0, 0.05) is 27.2 Å². The lowest BCUT2D eigenvalue weighted by Gasteiger charge is -2.28. The van der Waals surface area contributed by atoms with E-state index in [4.69, 9.17) is 10.5 Å². The third-order valence-electron chi connectivity index (χ3n) is 4.91. The molecular weight excluding hydrogens is 414 g/mol. The molecule has 1 aromatic carbocycles. The molecule has 11 heteroatoms. The second-order valence-electron chi connectivity index (χ2n) is 7.56. The largest absolute Gasteiger partial charge is 0.378 e. The number of nitrogens with zero attached hydrogens (tertiary/aromatic N) is 8. The smallest absolute Gasteiger partial charge is 0.232 e. The van der Waals surface area contributed by atoms with E-state index in [0.29, 0.717) is 25.0 Å². The van der Waals surface area contributed by atoms with E-state index in [2.05, 4.69) is 65.8 Å². The number of nitrogen functional groups attached to an aromatic ring is 1. The highest BCUT2D eigenvalue weighted by Gasteiger charge is 2.24. The van der Waals surface area contributed by atoms with Gasteiger partial charge in [-0.15, -0.1) is 10.2 Å². The van der Waals surface area contributed by atoms with Crippen LogP contribution in [0, 0.1) is 6.92 Å². The molecule has 3 heterocycles. The Morgan fingerprint density at radius 2 is 1.77 bits per heavy atom. The Morgan fingerprint density at radius 3 is 2.45 bits per heavy atom. The van der Waals surface area contributed by atoms with Crippen LogP contribution < -0.4 is 15.5 Å². The van der Waals surface area contributed by atoms with E-state index in [-0.39, 0.29) is 11.2 Å². The number of rotatable bonds is 6. The Hall–Kier alpha value is -2.92. The molecule has 1 unspecified atom stereocenters. The molecule has 0 amide bonds. The van der Waals surface area contributed by atoms with E-state index < -0.39 is 0 Å². The summed E-state index contributed by atoms with van der Waals surface area (Å²) in [5, 5.41) is 9.71. The van der Waals surface area contributed by atoms with E-state index in [9.17, 15) is 0 Å². The second kappa shape index (κ2) is 9.06. The van der Waals surface area contributed by atoms with Gasteiger partial charge < -0.3 is 20.3 Å². The van der Waals surface area contributed by atoms with Gasteiger partial charge in [-0.1, -0.05) is 29.5 Å². The number of benzene rings is 1. The number of thioether (sulfide) groups is 1. The molecule has 2 N–H and O–H groups in total. The highest BCUT2D eigenvalue weighted by molar-refractivity contribution is 7.99. The molecule has 0 spiro atoms. The van der Waals surface area contributed by atoms with E-state index in [1.165, 1.54) is 5.56 Å². The molecular formula is C20H27N9OS. The van der Waals surface area contributed by atoms with E-state index in [1.807, 2.05) is 25.9 Å². The van der Waals surface area contributed by atoms with Crippen molar-refractivity contribution in [3.8, 4) is 5.69 Å². The van der Waals surface area contributed by atoms with Crippen molar-refractivity contribution in [3.63, 3.8) is 0 Å². The van der Waals surface area contributed by atoms with Gasteiger partial charge in [0.25, 0.3) is 0 Å². The number of hydrogen-bond donors (Lipinski definition) is 1. The summed E-state index contributed by atoms with van der Waals surface area (Å²) in [6.45, 7) is 7.01. The summed E-state index contributed by atoms with van der Waals surface area (Å²) in [6.07, 6.45) is 0. The van der Waals surface area contributed by atoms with Crippen LogP contribution in [0.25, 0.3) is 5.69 Å². The lowest BCUT2D eigenvalue weighted by atomic mass is 10.2. The molecule has 164 valence electrons. The van der Waals surface area contributed by atoms with Crippen molar-refractivity contribution in [1.82, 2.24) is 29.7 Å². The maximum Gasteiger partial charge on any atom is 0.232 e. The molecule has 1 aliphatic rings. The van der Waals surface area contributed by atoms with E-state index in [1.54, 1.807) is 11.8 Å². The molecule has 2 aromatic heterocycles. The van der Waals surface area contributed by atoms with Crippen LogP contribution in [0.3, 0.4) is 0 Å². The minimum Gasteiger partial charge on any atom is -0.378 e. The van der Waals surface area contributed by atoms with Crippen molar-refractivity contribution >= 4 is 29.6 Å². The lowest BCUT2D eigenvalue weighted by molar-refractivity contribution is 0.122. The number of nitrogens with two attached hydrogens (primary N) is 1. The van der Waals surface area contributed by atoms with Crippen LogP contribution in [-0.4, -0.2) is 70.1 Å². The first kappa shape index (κ1) is 21.3. The standard InChI is InChI=1S/C20H27N9OS/c1-13-5-7-15(8-6-13)29-19(28-9-11-30-12-10-28)25-26-20(29)31-14(2)16-22-17(21)24-18(23-16)27(3)4/h5-8,14H,9-12H2,1-4H3,(H2,21,22,23,24). The zero-order chi connectivity index (χ0) is 22.0. The fourth-order valence-corrected chi connectivity index (χ4v) is 4.12. The zero-order valence-electron chi connectivity index (χ0n) is 18.2. The maximum atomic E-state index is 5.92. The van der Waals surface area contributed by atoms with Crippen LogP contribution in [0.15, 0.2) is 29.4 Å². The minimum atomic E-state index is -0.102. The molecule has 1 atom stereocenters. The summed E-state index contributed by atoms with van der Waals surface area (Å²) in [4.78, 5) is 17.1. The number of anilines is 3. The number of aryl methyl sites for hydroxylation is 1. The fourth-order valence-electron chi connectivity index (χ4n) is 3.22. The summed E-state index contributed by atoms with van der Waals surface area (Å²) in [7, 11) is 3.75. The number of aromatic nitrogens is 6. The number of ether oxygens (including phenoxy) is 1. The van der Waals surface area contributed by atoms with Crippen LogP contribution in [0.1, 0.15) is 23.6 Å². The molecule has 0 aliphatic carbocycles. The summed E-state index contributed by atoms with van der Waals surface area (Å²) in [5.74, 6) is 2.15. The van der Waals surface area contributed by atoms with Crippen molar-refractivity contribution in [3.05, 3.63) is 35.7 Å². The molecule has 3 aromatic rings. The second-order valence-corrected chi connectivity index (χ2v) is 8.87.